The van der Waals surface area contributed by atoms with Crippen molar-refractivity contribution < 1.29 is 23.7 Å². The van der Waals surface area contributed by atoms with E-state index in [0.717, 1.165) is 5.56 Å². The van der Waals surface area contributed by atoms with Crippen molar-refractivity contribution in [3.63, 3.8) is 0 Å². The Morgan fingerprint density at radius 3 is 2.68 bits per heavy atom. The first-order chi connectivity index (χ1) is 9.10. The third kappa shape index (κ3) is 3.52. The van der Waals surface area contributed by atoms with Gasteiger partial charge in [0, 0.05) is 5.92 Å². The average molecular weight is 268 g/mol. The van der Waals surface area contributed by atoms with Crippen molar-refractivity contribution in [2.45, 2.75) is 32.7 Å². The predicted molar refractivity (Wildman–Crippen MR) is 66.1 cm³/mol. The number of ether oxygens (including phenoxy) is 2. The lowest BCUT2D eigenvalue weighted by Crippen LogP contribution is -2.20. The molecule has 0 spiro atoms. The van der Waals surface area contributed by atoms with Crippen molar-refractivity contribution in [1.82, 2.24) is 0 Å². The van der Waals surface area contributed by atoms with E-state index in [1.807, 2.05) is 26.0 Å². The van der Waals surface area contributed by atoms with Gasteiger partial charge in [0.25, 0.3) is 0 Å². The van der Waals surface area contributed by atoms with Crippen LogP contribution in [-0.4, -0.2) is 25.0 Å². The van der Waals surface area contributed by atoms with Crippen LogP contribution in [0.2, 0.25) is 0 Å². The number of benzene rings is 1. The zero-order chi connectivity index (χ0) is 13.8. The molecule has 0 saturated carbocycles. The molecule has 0 aliphatic carbocycles. The minimum atomic E-state index is -0.858. The van der Waals surface area contributed by atoms with Gasteiger partial charge in [-0.3, -0.25) is 0 Å². The molecule has 0 N–H and O–H groups in total. The number of carbonyl (C=O) groups is 1. The van der Waals surface area contributed by atoms with E-state index in [4.69, 9.17) is 9.47 Å². The van der Waals surface area contributed by atoms with Crippen LogP contribution in [0, 0.1) is 12.8 Å². The number of carbonyl (C=O) groups excluding carboxylic acids is 1. The summed E-state index contributed by atoms with van der Waals surface area (Å²) in [5, 5.41) is 0. The van der Waals surface area contributed by atoms with Gasteiger partial charge in [0.05, 0.1) is 11.7 Å². The molecule has 4 nitrogen and oxygen atoms in total. The van der Waals surface area contributed by atoms with Crippen molar-refractivity contribution in [3.8, 4) is 0 Å². The van der Waals surface area contributed by atoms with Crippen LogP contribution in [0.5, 0.6) is 0 Å². The molecule has 0 bridgehead atoms. The standard InChI is InChI=1S/C14H17FO4/c1-9-3-5-11(6-4-9)13(16)17-8-12-7-10(2)14(18-12)19-15/h3-6,10,12,14H,7-8H2,1-2H3/t10-,12-,14?/m0/s1. The van der Waals surface area contributed by atoms with Crippen molar-refractivity contribution in [3.05, 3.63) is 35.4 Å². The zero-order valence-electron chi connectivity index (χ0n) is 11.0. The highest BCUT2D eigenvalue weighted by Crippen LogP contribution is 2.27. The van der Waals surface area contributed by atoms with Crippen LogP contribution in [0.1, 0.15) is 29.3 Å². The molecule has 1 fully saturated rings. The fraction of sp³-hybridized carbons (Fsp3) is 0.500. The summed E-state index contributed by atoms with van der Waals surface area (Å²) in [6.07, 6.45) is -0.566. The Kier molecular flexibility index (Phi) is 4.50. The summed E-state index contributed by atoms with van der Waals surface area (Å²) in [4.78, 5) is 15.5. The van der Waals surface area contributed by atoms with Gasteiger partial charge >= 0.3 is 5.97 Å². The van der Waals surface area contributed by atoms with Crippen LogP contribution >= 0.6 is 0 Å². The molecule has 1 unspecified atom stereocenters. The topological polar surface area (TPSA) is 44.8 Å². The largest absolute Gasteiger partial charge is 0.459 e. The molecule has 5 heteroatoms. The monoisotopic (exact) mass is 268 g/mol. The van der Waals surface area contributed by atoms with Gasteiger partial charge in [-0.2, -0.15) is 4.94 Å². The molecule has 1 heterocycles. The normalized spacial score (nSPS) is 26.4. The van der Waals surface area contributed by atoms with E-state index in [-0.39, 0.29) is 18.6 Å². The molecule has 3 atom stereocenters. The highest BCUT2D eigenvalue weighted by atomic mass is 19.3. The van der Waals surface area contributed by atoms with E-state index >= 15 is 0 Å². The second-order valence-corrected chi connectivity index (χ2v) is 4.89. The third-order valence-electron chi connectivity index (χ3n) is 3.20. The summed E-state index contributed by atoms with van der Waals surface area (Å²) in [7, 11) is 0. The van der Waals surface area contributed by atoms with Gasteiger partial charge in [-0.15, -0.1) is 0 Å². The Bertz CT molecular complexity index is 432. The van der Waals surface area contributed by atoms with E-state index in [1.165, 1.54) is 0 Å². The van der Waals surface area contributed by atoms with E-state index in [1.54, 1.807) is 12.1 Å². The van der Waals surface area contributed by atoms with Gasteiger partial charge in [-0.25, -0.2) is 4.79 Å². The smallest absolute Gasteiger partial charge is 0.338 e. The molecular formula is C14H17FO4. The van der Waals surface area contributed by atoms with Gasteiger partial charge in [-0.1, -0.05) is 24.6 Å². The summed E-state index contributed by atoms with van der Waals surface area (Å²) in [6, 6.07) is 7.11. The summed E-state index contributed by atoms with van der Waals surface area (Å²) in [5.74, 6) is -0.450. The Hall–Kier alpha value is -1.46. The number of esters is 1. The van der Waals surface area contributed by atoms with Crippen LogP contribution in [0.4, 0.5) is 4.53 Å². The number of hydrogen-bond donors (Lipinski definition) is 0. The number of rotatable bonds is 4. The van der Waals surface area contributed by atoms with E-state index in [2.05, 4.69) is 4.94 Å². The van der Waals surface area contributed by atoms with Crippen LogP contribution in [0.3, 0.4) is 0 Å². The van der Waals surface area contributed by atoms with Gasteiger partial charge in [-0.05, 0) is 30.0 Å². The molecular weight excluding hydrogens is 251 g/mol. The highest BCUT2D eigenvalue weighted by molar-refractivity contribution is 5.89. The Morgan fingerprint density at radius 2 is 2.11 bits per heavy atom. The first-order valence-corrected chi connectivity index (χ1v) is 6.27. The quantitative estimate of drug-likeness (QED) is 0.788. The molecule has 1 aromatic rings. The molecule has 104 valence electrons. The van der Waals surface area contributed by atoms with Crippen molar-refractivity contribution >= 4 is 5.97 Å². The number of hydrogen-bond acceptors (Lipinski definition) is 4. The lowest BCUT2D eigenvalue weighted by Gasteiger charge is -2.11. The Balaban J connectivity index is 1.83. The molecule has 0 amide bonds. The zero-order valence-corrected chi connectivity index (χ0v) is 11.0. The fourth-order valence-electron chi connectivity index (χ4n) is 2.06. The second-order valence-electron chi connectivity index (χ2n) is 4.89. The van der Waals surface area contributed by atoms with Gasteiger partial charge in [0.15, 0.2) is 6.29 Å². The van der Waals surface area contributed by atoms with Crippen LogP contribution in [0.15, 0.2) is 24.3 Å². The molecule has 1 aliphatic heterocycles. The van der Waals surface area contributed by atoms with Gasteiger partial charge in [0.2, 0.25) is 0 Å². The lowest BCUT2D eigenvalue weighted by atomic mass is 10.1. The molecule has 1 aliphatic rings. The van der Waals surface area contributed by atoms with Crippen LogP contribution in [0.25, 0.3) is 0 Å². The summed E-state index contributed by atoms with van der Waals surface area (Å²) in [6.45, 7) is 3.88. The van der Waals surface area contributed by atoms with E-state index in [9.17, 15) is 9.32 Å². The third-order valence-corrected chi connectivity index (χ3v) is 3.20. The highest BCUT2D eigenvalue weighted by Gasteiger charge is 2.34. The number of halogens is 1. The predicted octanol–water partition coefficient (Wildman–Crippen LogP) is 2.80. The fourth-order valence-corrected chi connectivity index (χ4v) is 2.06. The maximum absolute atomic E-state index is 12.1. The Labute approximate surface area is 111 Å². The molecule has 0 radical (unpaired) electrons. The molecule has 19 heavy (non-hydrogen) atoms. The first kappa shape index (κ1) is 14.0. The minimum Gasteiger partial charge on any atom is -0.459 e. The molecule has 2 rings (SSSR count). The van der Waals surface area contributed by atoms with Crippen molar-refractivity contribution in [2.75, 3.05) is 6.61 Å². The van der Waals surface area contributed by atoms with Crippen LogP contribution < -0.4 is 0 Å². The number of aryl methyl sites for hydroxylation is 1. The van der Waals surface area contributed by atoms with Gasteiger partial charge in [0.1, 0.15) is 6.61 Å². The molecule has 1 aromatic carbocycles. The van der Waals surface area contributed by atoms with Gasteiger partial charge < -0.3 is 9.47 Å². The SMILES string of the molecule is Cc1ccc(C(=O)OC[C@@H]2C[C@H](C)C(OF)O2)cc1. The van der Waals surface area contributed by atoms with Crippen molar-refractivity contribution in [1.29, 1.82) is 0 Å². The molecule has 0 aromatic heterocycles. The van der Waals surface area contributed by atoms with Crippen LogP contribution in [-0.2, 0) is 14.4 Å². The maximum atomic E-state index is 12.1. The average Bonchev–Trinajstić information content (AvgIpc) is 2.77. The Morgan fingerprint density at radius 1 is 1.42 bits per heavy atom. The first-order valence-electron chi connectivity index (χ1n) is 6.27. The second kappa shape index (κ2) is 6.12. The summed E-state index contributed by atoms with van der Waals surface area (Å²) >= 11 is 0. The van der Waals surface area contributed by atoms with E-state index < -0.39 is 12.3 Å². The van der Waals surface area contributed by atoms with E-state index in [0.29, 0.717) is 12.0 Å². The maximum Gasteiger partial charge on any atom is 0.338 e. The minimum absolute atomic E-state index is 0.0481. The summed E-state index contributed by atoms with van der Waals surface area (Å²) in [5.41, 5.74) is 1.57. The molecule has 1 saturated heterocycles. The lowest BCUT2D eigenvalue weighted by molar-refractivity contribution is -0.278. The van der Waals surface area contributed by atoms with Crippen molar-refractivity contribution in [2.24, 2.45) is 5.92 Å². The summed E-state index contributed by atoms with van der Waals surface area (Å²) < 4.78 is 22.5.